The Morgan fingerprint density at radius 2 is 0.795 bits per heavy atom. The van der Waals surface area contributed by atoms with Crippen LogP contribution in [0.4, 0.5) is 0 Å². The fraction of sp³-hybridized carbons (Fsp3) is 0.912. The maximum absolute atomic E-state index is 12.7. The Labute approximate surface area is 283 Å². The van der Waals surface area contributed by atoms with Gasteiger partial charge in [0.15, 0.2) is 0 Å². The molecule has 0 aliphatic carbocycles. The van der Waals surface area contributed by atoms with Crippen LogP contribution in [0.1, 0.15) is 138 Å². The molecular weight excluding hydrogens is 719 g/mol. The van der Waals surface area contributed by atoms with Gasteiger partial charge in [0.2, 0.25) is 0 Å². The molecule has 0 spiro atoms. The van der Waals surface area contributed by atoms with Crippen molar-refractivity contribution in [1.82, 2.24) is 0 Å². The molecule has 10 heteroatoms. The molecule has 0 aromatic heterocycles. The second kappa shape index (κ2) is 29.4. The van der Waals surface area contributed by atoms with E-state index in [1.807, 2.05) is 26.8 Å². The zero-order chi connectivity index (χ0) is 33.1. The van der Waals surface area contributed by atoms with Crippen molar-refractivity contribution in [3.05, 3.63) is 0 Å². The quantitative estimate of drug-likeness (QED) is 0.0306. The molecule has 0 bridgehead atoms. The van der Waals surface area contributed by atoms with Gasteiger partial charge in [-0.3, -0.25) is 0 Å². The Morgan fingerprint density at radius 3 is 1.05 bits per heavy atom. The third kappa shape index (κ3) is 20.5. The van der Waals surface area contributed by atoms with Crippen molar-refractivity contribution in [2.75, 3.05) is 37.1 Å². The number of esters is 3. The van der Waals surface area contributed by atoms with Gasteiger partial charge in [-0.15, -0.1) is 0 Å². The molecule has 0 radical (unpaired) electrons. The number of hydrogen-bond acceptors (Lipinski definition) is 9. The molecule has 260 valence electrons. The summed E-state index contributed by atoms with van der Waals surface area (Å²) < 4.78 is 18.5. The standard InChI is InChI=1S/3C10H20O2S.C4H9.Sn/c3*1-3-5-6-9(4-2)10(11)12-7-8-13;1-3-4-2;/h3*9,13H,3-8H2,1-2H3;1,3-4H2,2H3;/q;;;;+3/p-3. The topological polar surface area (TPSA) is 78.9 Å². The molecule has 0 aliphatic heterocycles. The SMILES string of the molecule is CCCCC(CC)C(=O)OCC[S][Sn]([CH2]CCC)([S]CCOC(=O)C(CC)CCCC)[S]CCOC(=O)C(CC)CCCC. The van der Waals surface area contributed by atoms with Crippen molar-refractivity contribution in [2.24, 2.45) is 17.8 Å². The first kappa shape index (κ1) is 44.3. The Kier molecular flexibility index (Phi) is 29.6. The van der Waals surface area contributed by atoms with Gasteiger partial charge in [0.25, 0.3) is 0 Å². The summed E-state index contributed by atoms with van der Waals surface area (Å²) in [6.07, 6.45) is 13.9. The van der Waals surface area contributed by atoms with Crippen LogP contribution in [0.5, 0.6) is 0 Å². The van der Waals surface area contributed by atoms with E-state index in [1.54, 1.807) is 0 Å². The molecule has 0 aromatic carbocycles. The van der Waals surface area contributed by atoms with Crippen LogP contribution >= 0.6 is 26.8 Å². The number of hydrogen-bond donors (Lipinski definition) is 0. The summed E-state index contributed by atoms with van der Waals surface area (Å²) in [6.45, 7) is 16.2. The number of carbonyl (C=O) groups excluding carboxylic acids is 3. The van der Waals surface area contributed by atoms with E-state index >= 15 is 0 Å². The predicted octanol–water partition coefficient (Wildman–Crippen LogP) is 10.2. The van der Waals surface area contributed by atoms with Gasteiger partial charge in [-0.1, -0.05) is 0 Å². The maximum atomic E-state index is 12.7. The van der Waals surface area contributed by atoms with Gasteiger partial charge < -0.3 is 0 Å². The van der Waals surface area contributed by atoms with Crippen LogP contribution in [0.2, 0.25) is 4.44 Å². The first-order valence-corrected chi connectivity index (χ1v) is 33.1. The van der Waals surface area contributed by atoms with Crippen LogP contribution in [0.25, 0.3) is 0 Å². The van der Waals surface area contributed by atoms with E-state index in [2.05, 4.69) is 48.5 Å². The molecule has 3 unspecified atom stereocenters. The van der Waals surface area contributed by atoms with Crippen LogP contribution < -0.4 is 0 Å². The molecular formula is C34H66O6S3Sn. The van der Waals surface area contributed by atoms with Crippen LogP contribution in [0.3, 0.4) is 0 Å². The van der Waals surface area contributed by atoms with E-state index in [4.69, 9.17) is 14.2 Å². The molecule has 0 amide bonds. The van der Waals surface area contributed by atoms with Gasteiger partial charge in [-0.25, -0.2) is 0 Å². The van der Waals surface area contributed by atoms with Crippen molar-refractivity contribution in [3.8, 4) is 0 Å². The van der Waals surface area contributed by atoms with Crippen LogP contribution in [0, 0.1) is 17.8 Å². The summed E-state index contributed by atoms with van der Waals surface area (Å²) >= 11 is -2.96. The number of unbranched alkanes of at least 4 members (excludes halogenated alkanes) is 4. The molecule has 0 saturated heterocycles. The van der Waals surface area contributed by atoms with E-state index in [0.29, 0.717) is 19.8 Å². The minimum absolute atomic E-state index is 0.00465. The Morgan fingerprint density at radius 1 is 0.500 bits per heavy atom. The third-order valence-electron chi connectivity index (χ3n) is 7.98. The minimum atomic E-state index is -2.96. The predicted molar refractivity (Wildman–Crippen MR) is 196 cm³/mol. The van der Waals surface area contributed by atoms with Gasteiger partial charge in [-0.2, -0.15) is 0 Å². The summed E-state index contributed by atoms with van der Waals surface area (Å²) in [6, 6.07) is 0. The Balaban J connectivity index is 5.33. The Bertz CT molecular complexity index is 653. The van der Waals surface area contributed by atoms with E-state index in [1.165, 1.54) is 4.44 Å². The summed E-state index contributed by atoms with van der Waals surface area (Å²) in [5.74, 6) is 2.18. The fourth-order valence-corrected chi connectivity index (χ4v) is 43.3. The summed E-state index contributed by atoms with van der Waals surface area (Å²) in [4.78, 5) is 38.1. The van der Waals surface area contributed by atoms with E-state index in [9.17, 15) is 14.4 Å². The van der Waals surface area contributed by atoms with Gasteiger partial charge in [0.1, 0.15) is 0 Å². The molecule has 0 saturated carbocycles. The number of carbonyl (C=O) groups is 3. The van der Waals surface area contributed by atoms with Gasteiger partial charge in [0, 0.05) is 0 Å². The third-order valence-corrected chi connectivity index (χ3v) is 48.1. The summed E-state index contributed by atoms with van der Waals surface area (Å²) in [5, 5.41) is 0. The summed E-state index contributed by atoms with van der Waals surface area (Å²) in [7, 11) is 6.08. The number of rotatable bonds is 30. The second-order valence-electron chi connectivity index (χ2n) is 11.6. The molecule has 0 fully saturated rings. The zero-order valence-corrected chi connectivity index (χ0v) is 34.6. The molecule has 0 rings (SSSR count). The summed E-state index contributed by atoms with van der Waals surface area (Å²) in [5.41, 5.74) is 0. The molecule has 0 aromatic rings. The van der Waals surface area contributed by atoms with E-state index < -0.39 is 14.2 Å². The van der Waals surface area contributed by atoms with Crippen LogP contribution in [-0.4, -0.2) is 69.2 Å². The van der Waals surface area contributed by atoms with Gasteiger partial charge in [-0.05, 0) is 0 Å². The molecule has 6 nitrogen and oxygen atoms in total. The van der Waals surface area contributed by atoms with Crippen molar-refractivity contribution < 1.29 is 28.6 Å². The average Bonchev–Trinajstić information content (AvgIpc) is 3.03. The zero-order valence-electron chi connectivity index (χ0n) is 29.3. The van der Waals surface area contributed by atoms with Crippen molar-refractivity contribution in [3.63, 3.8) is 0 Å². The van der Waals surface area contributed by atoms with Crippen LogP contribution in [-0.2, 0) is 28.6 Å². The first-order valence-electron chi connectivity index (χ1n) is 17.7. The van der Waals surface area contributed by atoms with Gasteiger partial charge >= 0.3 is 285 Å². The van der Waals surface area contributed by atoms with Crippen molar-refractivity contribution in [1.29, 1.82) is 0 Å². The molecule has 0 N–H and O–H groups in total. The average molecular weight is 786 g/mol. The van der Waals surface area contributed by atoms with E-state index in [-0.39, 0.29) is 35.7 Å². The Hall–Kier alpha value is 0.259. The monoisotopic (exact) mass is 786 g/mol. The molecule has 44 heavy (non-hydrogen) atoms. The molecule has 0 aliphatic rings. The van der Waals surface area contributed by atoms with Gasteiger partial charge in [0.05, 0.1) is 0 Å². The fourth-order valence-electron chi connectivity index (χ4n) is 4.92. The first-order chi connectivity index (χ1) is 21.3. The molecule has 3 atom stereocenters. The van der Waals surface area contributed by atoms with E-state index in [0.717, 1.165) is 107 Å². The van der Waals surface area contributed by atoms with Crippen molar-refractivity contribution in [2.45, 2.75) is 143 Å². The van der Waals surface area contributed by atoms with Crippen molar-refractivity contribution >= 4 is 59.0 Å². The molecule has 0 heterocycles. The number of ether oxygens (including phenoxy) is 3. The van der Waals surface area contributed by atoms with Crippen LogP contribution in [0.15, 0.2) is 0 Å². The second-order valence-corrected chi connectivity index (χ2v) is 45.6. The normalized spacial score (nSPS) is 14.8.